The molecule has 5 rings (SSSR count). The molecule has 2 aromatic carbocycles. The summed E-state index contributed by atoms with van der Waals surface area (Å²) in [5.74, 6) is -0.870. The van der Waals surface area contributed by atoms with Crippen molar-refractivity contribution in [2.75, 3.05) is 20.3 Å². The molecule has 0 radical (unpaired) electrons. The van der Waals surface area contributed by atoms with Crippen molar-refractivity contribution in [2.45, 2.75) is 61.9 Å². The highest BCUT2D eigenvalue weighted by atomic mass is 16.7. The predicted octanol–water partition coefficient (Wildman–Crippen LogP) is -2.13. The average Bonchev–Trinajstić information content (AvgIpc) is 3.27. The van der Waals surface area contributed by atoms with E-state index in [-0.39, 0.29) is 29.9 Å². The number of cyclic esters (lactones) is 1. The number of carbonyl (C=O) groups excluding carboxylic acids is 1. The molecule has 0 saturated carbocycles. The zero-order valence-electron chi connectivity index (χ0n) is 20.0. The van der Waals surface area contributed by atoms with Crippen molar-refractivity contribution < 1.29 is 69.0 Å². The summed E-state index contributed by atoms with van der Waals surface area (Å²) in [7, 11) is 1.40. The van der Waals surface area contributed by atoms with Gasteiger partial charge in [0.25, 0.3) is 0 Å². The van der Waals surface area contributed by atoms with Crippen LogP contribution in [0.15, 0.2) is 18.2 Å². The van der Waals surface area contributed by atoms with Gasteiger partial charge in [0, 0.05) is 11.6 Å². The Hall–Kier alpha value is -2.79. The van der Waals surface area contributed by atoms with Crippen LogP contribution >= 0.6 is 0 Å². The minimum absolute atomic E-state index is 0.0172. The Balaban J connectivity index is 1.40. The van der Waals surface area contributed by atoms with E-state index in [1.54, 1.807) is 12.1 Å². The molecular formula is C24H28O14. The van der Waals surface area contributed by atoms with Crippen LogP contribution in [0.5, 0.6) is 17.2 Å². The fraction of sp³-hybridized carbons (Fsp3) is 0.542. The molecule has 0 bridgehead atoms. The molecule has 208 valence electrons. The van der Waals surface area contributed by atoms with Gasteiger partial charge in [-0.1, -0.05) is 0 Å². The minimum atomic E-state index is -1.75. The normalized spacial score (nSPS) is 35.1. The van der Waals surface area contributed by atoms with Gasteiger partial charge in [-0.25, -0.2) is 4.79 Å². The SMILES string of the molecule is COc1cc(OC2OC(COC3OCC(O)C(O)C3O)C(O)C(O)C2O)c2c(O)c3c(cc2c1)COC3=O. The second kappa shape index (κ2) is 10.4. The van der Waals surface area contributed by atoms with Crippen molar-refractivity contribution >= 4 is 16.7 Å². The minimum Gasteiger partial charge on any atom is -0.506 e. The number of ether oxygens (including phenoxy) is 6. The highest BCUT2D eigenvalue weighted by Crippen LogP contribution is 2.43. The summed E-state index contributed by atoms with van der Waals surface area (Å²) < 4.78 is 32.4. The number of fused-ring (bicyclic) bond motifs is 2. The summed E-state index contributed by atoms with van der Waals surface area (Å²) in [6.07, 6.45) is -13.8. The van der Waals surface area contributed by atoms with Gasteiger partial charge < -0.3 is 64.2 Å². The van der Waals surface area contributed by atoms with Crippen LogP contribution in [0.25, 0.3) is 10.8 Å². The van der Waals surface area contributed by atoms with E-state index >= 15 is 0 Å². The van der Waals surface area contributed by atoms with Crippen LogP contribution in [0.1, 0.15) is 15.9 Å². The lowest BCUT2D eigenvalue weighted by molar-refractivity contribution is -0.307. The van der Waals surface area contributed by atoms with Crippen LogP contribution in [0.4, 0.5) is 0 Å². The number of carbonyl (C=O) groups is 1. The van der Waals surface area contributed by atoms with E-state index in [1.807, 2.05) is 0 Å². The Kier molecular flexibility index (Phi) is 7.34. The molecule has 2 fully saturated rings. The number of rotatable bonds is 6. The zero-order chi connectivity index (χ0) is 27.3. The first-order chi connectivity index (χ1) is 18.1. The van der Waals surface area contributed by atoms with Gasteiger partial charge in [0.05, 0.1) is 25.7 Å². The summed E-state index contributed by atoms with van der Waals surface area (Å²) >= 11 is 0. The summed E-state index contributed by atoms with van der Waals surface area (Å²) in [4.78, 5) is 12.1. The van der Waals surface area contributed by atoms with Crippen molar-refractivity contribution in [3.8, 4) is 17.2 Å². The van der Waals surface area contributed by atoms with Gasteiger partial charge in [-0.05, 0) is 17.5 Å². The second-order valence-corrected chi connectivity index (χ2v) is 9.28. The van der Waals surface area contributed by atoms with Crippen molar-refractivity contribution in [1.82, 2.24) is 0 Å². The average molecular weight is 540 g/mol. The number of aliphatic hydroxyl groups is 6. The van der Waals surface area contributed by atoms with Crippen LogP contribution in [0, 0.1) is 0 Å². The van der Waals surface area contributed by atoms with Gasteiger partial charge >= 0.3 is 5.97 Å². The number of phenolic OH excluding ortho intramolecular Hbond substituents is 1. The third-order valence-electron chi connectivity index (χ3n) is 6.82. The number of aliphatic hydroxyl groups excluding tert-OH is 6. The van der Waals surface area contributed by atoms with Gasteiger partial charge in [-0.15, -0.1) is 0 Å². The van der Waals surface area contributed by atoms with E-state index < -0.39 is 73.6 Å². The molecule has 0 aromatic heterocycles. The van der Waals surface area contributed by atoms with E-state index in [2.05, 4.69) is 0 Å². The molecule has 3 aliphatic rings. The Morgan fingerprint density at radius 1 is 0.947 bits per heavy atom. The van der Waals surface area contributed by atoms with Crippen molar-refractivity contribution in [1.29, 1.82) is 0 Å². The molecular weight excluding hydrogens is 512 g/mol. The molecule has 3 aliphatic heterocycles. The Morgan fingerprint density at radius 2 is 1.68 bits per heavy atom. The van der Waals surface area contributed by atoms with Crippen LogP contribution in [-0.2, 0) is 25.6 Å². The molecule has 3 heterocycles. The van der Waals surface area contributed by atoms with E-state index in [0.29, 0.717) is 16.7 Å². The van der Waals surface area contributed by atoms with Crippen LogP contribution in [0.3, 0.4) is 0 Å². The Morgan fingerprint density at radius 3 is 2.42 bits per heavy atom. The lowest BCUT2D eigenvalue weighted by Gasteiger charge is -2.41. The summed E-state index contributed by atoms with van der Waals surface area (Å²) in [5.41, 5.74) is 0.436. The monoisotopic (exact) mass is 540 g/mol. The molecule has 7 N–H and O–H groups in total. The number of hydrogen-bond acceptors (Lipinski definition) is 14. The summed E-state index contributed by atoms with van der Waals surface area (Å²) in [5, 5.41) is 72.4. The molecule has 14 heteroatoms. The van der Waals surface area contributed by atoms with Crippen LogP contribution < -0.4 is 9.47 Å². The summed E-state index contributed by atoms with van der Waals surface area (Å²) in [6.45, 7) is -0.802. The maximum absolute atomic E-state index is 12.1. The third kappa shape index (κ3) is 4.64. The zero-order valence-corrected chi connectivity index (χ0v) is 20.0. The third-order valence-corrected chi connectivity index (χ3v) is 6.82. The lowest BCUT2D eigenvalue weighted by atomic mass is 9.98. The molecule has 2 aromatic rings. The van der Waals surface area contributed by atoms with Gasteiger partial charge in [0.15, 0.2) is 6.29 Å². The predicted molar refractivity (Wildman–Crippen MR) is 122 cm³/mol. The van der Waals surface area contributed by atoms with E-state index in [9.17, 15) is 40.5 Å². The quantitative estimate of drug-likeness (QED) is 0.195. The molecule has 14 nitrogen and oxygen atoms in total. The highest BCUT2D eigenvalue weighted by Gasteiger charge is 2.46. The number of hydrogen-bond donors (Lipinski definition) is 7. The number of aromatic hydroxyl groups is 1. The maximum Gasteiger partial charge on any atom is 0.342 e. The van der Waals surface area contributed by atoms with Gasteiger partial charge in [-0.3, -0.25) is 0 Å². The maximum atomic E-state index is 12.1. The largest absolute Gasteiger partial charge is 0.506 e. The first kappa shape index (κ1) is 26.8. The van der Waals surface area contributed by atoms with E-state index in [4.69, 9.17) is 28.4 Å². The van der Waals surface area contributed by atoms with Crippen LogP contribution in [0.2, 0.25) is 0 Å². The van der Waals surface area contributed by atoms with E-state index in [1.165, 1.54) is 13.2 Å². The van der Waals surface area contributed by atoms with Gasteiger partial charge in [0.2, 0.25) is 6.29 Å². The number of methoxy groups -OCH3 is 1. The number of phenols is 1. The lowest BCUT2D eigenvalue weighted by Crippen LogP contribution is -2.61. The van der Waals surface area contributed by atoms with Gasteiger partial charge in [0.1, 0.15) is 72.1 Å². The fourth-order valence-electron chi connectivity index (χ4n) is 4.68. The molecule has 2 saturated heterocycles. The highest BCUT2D eigenvalue weighted by molar-refractivity contribution is 6.06. The topological polar surface area (TPSA) is 214 Å². The summed E-state index contributed by atoms with van der Waals surface area (Å²) in [6, 6.07) is 4.60. The molecule has 38 heavy (non-hydrogen) atoms. The fourth-order valence-corrected chi connectivity index (χ4v) is 4.68. The van der Waals surface area contributed by atoms with E-state index in [0.717, 1.165) is 0 Å². The number of benzene rings is 2. The smallest absolute Gasteiger partial charge is 0.342 e. The van der Waals surface area contributed by atoms with Crippen molar-refractivity contribution in [3.05, 3.63) is 29.3 Å². The van der Waals surface area contributed by atoms with Crippen LogP contribution in [-0.4, -0.2) is 117 Å². The van der Waals surface area contributed by atoms with Gasteiger partial charge in [-0.2, -0.15) is 0 Å². The van der Waals surface area contributed by atoms with Crippen molar-refractivity contribution in [2.24, 2.45) is 0 Å². The Labute approximate surface area is 215 Å². The Bertz CT molecular complexity index is 1200. The second-order valence-electron chi connectivity index (χ2n) is 9.28. The van der Waals surface area contributed by atoms with Crippen molar-refractivity contribution in [3.63, 3.8) is 0 Å². The number of esters is 1. The molecule has 0 aliphatic carbocycles. The molecule has 9 atom stereocenters. The molecule has 0 spiro atoms. The molecule has 0 amide bonds. The first-order valence-electron chi connectivity index (χ1n) is 11.8. The molecule has 9 unspecified atom stereocenters. The standard InChI is InChI=1S/C24H28O14/c1-33-10-3-8-2-9-5-34-22(32)15(9)18(28)14(8)12(4-10)37-24-21(31)19(29)17(27)13(38-24)7-36-23-20(30)16(26)11(25)6-35-23/h2-4,11,13,16-17,19-21,23-31H,5-7H2,1H3. The first-order valence-corrected chi connectivity index (χ1v) is 11.8.